The highest BCUT2D eigenvalue weighted by molar-refractivity contribution is 6.11. The van der Waals surface area contributed by atoms with Gasteiger partial charge in [0.2, 0.25) is 0 Å². The van der Waals surface area contributed by atoms with Crippen LogP contribution in [0.1, 0.15) is 86.2 Å². The molecule has 0 amide bonds. The molecule has 0 fully saturated rings. The number of halogens is 3. The summed E-state index contributed by atoms with van der Waals surface area (Å²) in [6, 6.07) is 20.6. The normalized spacial score (nSPS) is 16.1. The van der Waals surface area contributed by atoms with Gasteiger partial charge < -0.3 is 4.74 Å². The number of allylic oxidation sites excluding steroid dienone is 2. The van der Waals surface area contributed by atoms with Crippen LogP contribution >= 0.6 is 0 Å². The van der Waals surface area contributed by atoms with Crippen LogP contribution < -0.4 is 4.74 Å². The third-order valence-electron chi connectivity index (χ3n) is 8.73. The van der Waals surface area contributed by atoms with Crippen molar-refractivity contribution in [1.29, 1.82) is 0 Å². The van der Waals surface area contributed by atoms with Gasteiger partial charge in [0.05, 0.1) is 7.11 Å². The Kier molecular flexibility index (Phi) is 9.19. The van der Waals surface area contributed by atoms with Crippen molar-refractivity contribution < 1.29 is 27.5 Å². The summed E-state index contributed by atoms with van der Waals surface area (Å²) < 4.78 is 49.0. The number of ether oxygens (including phenoxy) is 1. The lowest BCUT2D eigenvalue weighted by atomic mass is 9.83. The Morgan fingerprint density at radius 1 is 0.932 bits per heavy atom. The van der Waals surface area contributed by atoms with Crippen molar-refractivity contribution in [1.82, 2.24) is 0 Å². The minimum Gasteiger partial charge on any atom is -0.496 e. The fourth-order valence-corrected chi connectivity index (χ4v) is 6.38. The first-order valence-electron chi connectivity index (χ1n) is 14.9. The van der Waals surface area contributed by atoms with Gasteiger partial charge in [-0.2, -0.15) is 0 Å². The molecule has 1 aliphatic carbocycles. The van der Waals surface area contributed by atoms with Crippen molar-refractivity contribution in [2.45, 2.75) is 58.3 Å². The fourth-order valence-electron chi connectivity index (χ4n) is 6.38. The quantitative estimate of drug-likeness (QED) is 0.172. The van der Waals surface area contributed by atoms with Crippen LogP contribution in [-0.4, -0.2) is 18.7 Å². The average molecular weight is 597 g/mol. The Bertz CT molecular complexity index is 1750. The predicted molar refractivity (Wildman–Crippen MR) is 166 cm³/mol. The number of Topliss-reactive ketones (excluding diaryl/α,β-unsaturated/α-hetero) is 2. The predicted octanol–water partition coefficient (Wildman–Crippen LogP) is 9.05. The Labute approximate surface area is 256 Å². The standard InChI is InChI=1S/C38H35F3O3/c1-5-30-22(2)32(21-35(40)36(30)41)37(43)34-20-28(25-14-16-29(39)17-15-25)19-33(34)31-11-7-9-26(38(31)44-4)13-12-24-8-6-10-27(18-24)23(3)42/h6-11,14-18,20-21,28,33H,5,12-13,19H2,1-4H3. The van der Waals surface area contributed by atoms with Crippen molar-refractivity contribution in [3.63, 3.8) is 0 Å². The van der Waals surface area contributed by atoms with Gasteiger partial charge in [-0.3, -0.25) is 9.59 Å². The van der Waals surface area contributed by atoms with E-state index in [-0.39, 0.29) is 40.8 Å². The van der Waals surface area contributed by atoms with Crippen molar-refractivity contribution in [3.05, 3.63) is 146 Å². The van der Waals surface area contributed by atoms with Gasteiger partial charge >= 0.3 is 0 Å². The molecule has 1 aliphatic rings. The number of hydrogen-bond acceptors (Lipinski definition) is 3. The smallest absolute Gasteiger partial charge is 0.189 e. The van der Waals surface area contributed by atoms with Crippen LogP contribution in [0.3, 0.4) is 0 Å². The van der Waals surface area contributed by atoms with Gasteiger partial charge in [-0.15, -0.1) is 0 Å². The first-order chi connectivity index (χ1) is 21.1. The number of rotatable bonds is 10. The van der Waals surface area contributed by atoms with E-state index in [4.69, 9.17) is 4.74 Å². The van der Waals surface area contributed by atoms with Gasteiger partial charge in [-0.05, 0) is 91.6 Å². The highest BCUT2D eigenvalue weighted by Crippen LogP contribution is 2.48. The molecule has 0 aromatic heterocycles. The maximum absolute atomic E-state index is 14.7. The summed E-state index contributed by atoms with van der Waals surface area (Å²) in [5.41, 5.74) is 5.54. The molecule has 0 N–H and O–H groups in total. The minimum atomic E-state index is -1.05. The third kappa shape index (κ3) is 6.12. The number of para-hydroxylation sites is 1. The molecule has 0 radical (unpaired) electrons. The number of aryl methyl sites for hydroxylation is 2. The van der Waals surface area contributed by atoms with Crippen molar-refractivity contribution in [2.75, 3.05) is 7.11 Å². The largest absolute Gasteiger partial charge is 0.496 e. The van der Waals surface area contributed by atoms with Crippen LogP contribution in [0, 0.1) is 24.4 Å². The summed E-state index contributed by atoms with van der Waals surface area (Å²) in [6.45, 7) is 4.93. The third-order valence-corrected chi connectivity index (χ3v) is 8.73. The molecule has 5 rings (SSSR count). The molecular weight excluding hydrogens is 561 g/mol. The van der Waals surface area contributed by atoms with E-state index < -0.39 is 17.6 Å². The van der Waals surface area contributed by atoms with Crippen molar-refractivity contribution in [3.8, 4) is 5.75 Å². The molecule has 226 valence electrons. The summed E-state index contributed by atoms with van der Waals surface area (Å²) in [4.78, 5) is 26.1. The molecule has 44 heavy (non-hydrogen) atoms. The van der Waals surface area contributed by atoms with Crippen LogP contribution in [0.25, 0.3) is 0 Å². The monoisotopic (exact) mass is 596 g/mol. The van der Waals surface area contributed by atoms with E-state index >= 15 is 0 Å². The molecule has 0 spiro atoms. The van der Waals surface area contributed by atoms with E-state index in [0.29, 0.717) is 41.7 Å². The highest BCUT2D eigenvalue weighted by Gasteiger charge is 2.36. The van der Waals surface area contributed by atoms with Gasteiger partial charge in [-0.1, -0.05) is 61.5 Å². The van der Waals surface area contributed by atoms with Gasteiger partial charge in [0.1, 0.15) is 11.6 Å². The Balaban J connectivity index is 1.55. The lowest BCUT2D eigenvalue weighted by Crippen LogP contribution is -2.14. The molecule has 0 saturated carbocycles. The second kappa shape index (κ2) is 13.0. The molecule has 2 unspecified atom stereocenters. The zero-order valence-corrected chi connectivity index (χ0v) is 25.3. The molecule has 4 aromatic carbocycles. The molecule has 0 bridgehead atoms. The molecule has 0 saturated heterocycles. The number of methoxy groups -OCH3 is 1. The molecule has 3 nitrogen and oxygen atoms in total. The first-order valence-corrected chi connectivity index (χ1v) is 14.9. The number of hydrogen-bond donors (Lipinski definition) is 0. The van der Waals surface area contributed by atoms with Crippen molar-refractivity contribution in [2.24, 2.45) is 0 Å². The van der Waals surface area contributed by atoms with Gasteiger partial charge in [0.25, 0.3) is 0 Å². The number of carbonyl (C=O) groups is 2. The van der Waals surface area contributed by atoms with E-state index in [1.54, 1.807) is 46.1 Å². The molecule has 0 heterocycles. The molecule has 0 aliphatic heterocycles. The van der Waals surface area contributed by atoms with Gasteiger partial charge in [-0.25, -0.2) is 13.2 Å². The van der Waals surface area contributed by atoms with Crippen LogP contribution in [0.15, 0.2) is 84.4 Å². The summed E-state index contributed by atoms with van der Waals surface area (Å²) >= 11 is 0. The Morgan fingerprint density at radius 2 is 1.66 bits per heavy atom. The maximum atomic E-state index is 14.7. The lowest BCUT2D eigenvalue weighted by molar-refractivity contribution is 0.101. The Hall–Kier alpha value is -4.45. The van der Waals surface area contributed by atoms with Gasteiger partial charge in [0, 0.05) is 34.1 Å². The second-order valence-electron chi connectivity index (χ2n) is 11.4. The summed E-state index contributed by atoms with van der Waals surface area (Å²) in [7, 11) is 1.60. The lowest BCUT2D eigenvalue weighted by Gasteiger charge is -2.22. The first kappa shape index (κ1) is 31.0. The fraction of sp³-hybridized carbons (Fsp3) is 0.263. The van der Waals surface area contributed by atoms with Gasteiger partial charge in [0.15, 0.2) is 23.2 Å². The molecular formula is C38H35F3O3. The molecule has 2 atom stereocenters. The van der Waals surface area contributed by atoms with E-state index in [9.17, 15) is 22.8 Å². The maximum Gasteiger partial charge on any atom is 0.189 e. The zero-order chi connectivity index (χ0) is 31.5. The summed E-state index contributed by atoms with van der Waals surface area (Å²) in [6.07, 6.45) is 3.98. The topological polar surface area (TPSA) is 43.4 Å². The van der Waals surface area contributed by atoms with E-state index in [0.717, 1.165) is 28.3 Å². The number of ketones is 2. The molecule has 6 heteroatoms. The van der Waals surface area contributed by atoms with E-state index in [1.165, 1.54) is 12.1 Å². The molecule has 4 aromatic rings. The van der Waals surface area contributed by atoms with E-state index in [1.807, 2.05) is 42.5 Å². The van der Waals surface area contributed by atoms with Crippen LogP contribution in [0.5, 0.6) is 5.75 Å². The zero-order valence-electron chi connectivity index (χ0n) is 25.3. The average Bonchev–Trinajstić information content (AvgIpc) is 3.47. The van der Waals surface area contributed by atoms with Crippen LogP contribution in [0.2, 0.25) is 0 Å². The Morgan fingerprint density at radius 3 is 2.34 bits per heavy atom. The summed E-state index contributed by atoms with van der Waals surface area (Å²) in [5.74, 6) is -2.61. The number of carbonyl (C=O) groups excluding carboxylic acids is 2. The number of benzene rings is 4. The van der Waals surface area contributed by atoms with Crippen LogP contribution in [0.4, 0.5) is 13.2 Å². The minimum absolute atomic E-state index is 0.00897. The SMILES string of the molecule is CCc1c(C)c(C(=O)C2=CC(c3ccc(F)cc3)CC2c2cccc(CCc3cccc(C(C)=O)c3)c2OC)cc(F)c1F. The summed E-state index contributed by atoms with van der Waals surface area (Å²) in [5, 5.41) is 0. The van der Waals surface area contributed by atoms with Crippen molar-refractivity contribution >= 4 is 11.6 Å². The van der Waals surface area contributed by atoms with Crippen LogP contribution in [-0.2, 0) is 19.3 Å². The van der Waals surface area contributed by atoms with E-state index in [2.05, 4.69) is 0 Å². The highest BCUT2D eigenvalue weighted by atomic mass is 19.2. The second-order valence-corrected chi connectivity index (χ2v) is 11.4.